The Balaban J connectivity index is 0.00000261. The molecule has 2 heterocycles. The Hall–Kier alpha value is -1.45. The van der Waals surface area contributed by atoms with Crippen LogP contribution in [-0.4, -0.2) is 44.9 Å². The molecule has 1 aromatic heterocycles. The fourth-order valence-electron chi connectivity index (χ4n) is 3.00. The van der Waals surface area contributed by atoms with Gasteiger partial charge in [-0.25, -0.2) is 13.1 Å². The Labute approximate surface area is 170 Å². The van der Waals surface area contributed by atoms with E-state index in [4.69, 9.17) is 5.73 Å². The molecule has 1 aliphatic heterocycles. The van der Waals surface area contributed by atoms with E-state index in [9.17, 15) is 13.2 Å². The molecule has 1 fully saturated rings. The molecule has 3 N–H and O–H groups in total. The summed E-state index contributed by atoms with van der Waals surface area (Å²) < 4.78 is 27.3. The first-order valence-corrected chi connectivity index (χ1v) is 11.0. The van der Waals surface area contributed by atoms with E-state index in [1.54, 1.807) is 28.4 Å². The second-order valence-corrected chi connectivity index (χ2v) is 9.20. The molecule has 0 saturated carbocycles. The number of piperidine rings is 1. The number of halogens is 1. The summed E-state index contributed by atoms with van der Waals surface area (Å²) in [6, 6.07) is 10.0. The largest absolute Gasteiger partial charge is 0.337 e. The third kappa shape index (κ3) is 5.76. The average molecular weight is 430 g/mol. The van der Waals surface area contributed by atoms with Crippen molar-refractivity contribution in [1.29, 1.82) is 0 Å². The number of thiophene rings is 1. The zero-order valence-corrected chi connectivity index (χ0v) is 17.3. The Kier molecular flexibility index (Phi) is 7.81. The van der Waals surface area contributed by atoms with Gasteiger partial charge in [-0.1, -0.05) is 6.07 Å². The van der Waals surface area contributed by atoms with Crippen LogP contribution >= 0.6 is 23.7 Å². The van der Waals surface area contributed by atoms with Crippen LogP contribution in [0, 0.1) is 0 Å². The van der Waals surface area contributed by atoms with Gasteiger partial charge in [0.05, 0.1) is 4.90 Å². The molecule has 1 aromatic carbocycles. The zero-order chi connectivity index (χ0) is 18.6. The fraction of sp³-hybridized carbons (Fsp3) is 0.389. The van der Waals surface area contributed by atoms with E-state index in [2.05, 4.69) is 4.72 Å². The van der Waals surface area contributed by atoms with Crippen LogP contribution in [0.25, 0.3) is 0 Å². The van der Waals surface area contributed by atoms with Gasteiger partial charge in [-0.3, -0.25) is 4.79 Å². The predicted molar refractivity (Wildman–Crippen MR) is 110 cm³/mol. The van der Waals surface area contributed by atoms with E-state index >= 15 is 0 Å². The van der Waals surface area contributed by atoms with Gasteiger partial charge in [0.25, 0.3) is 5.91 Å². The van der Waals surface area contributed by atoms with Crippen LogP contribution in [0.4, 0.5) is 0 Å². The van der Waals surface area contributed by atoms with E-state index in [-0.39, 0.29) is 29.3 Å². The van der Waals surface area contributed by atoms with E-state index in [0.29, 0.717) is 31.6 Å². The van der Waals surface area contributed by atoms with Gasteiger partial charge in [-0.2, -0.15) is 0 Å². The van der Waals surface area contributed by atoms with Crippen LogP contribution in [-0.2, 0) is 16.4 Å². The molecule has 3 rings (SSSR count). The minimum Gasteiger partial charge on any atom is -0.337 e. The maximum atomic E-state index is 12.5. The van der Waals surface area contributed by atoms with Crippen molar-refractivity contribution in [3.8, 4) is 0 Å². The third-order valence-electron chi connectivity index (χ3n) is 4.40. The van der Waals surface area contributed by atoms with Crippen LogP contribution in [0.15, 0.2) is 46.7 Å². The maximum absolute atomic E-state index is 12.5. The number of nitrogens with one attached hydrogen (secondary N) is 1. The van der Waals surface area contributed by atoms with Crippen LogP contribution in [0.3, 0.4) is 0 Å². The van der Waals surface area contributed by atoms with Gasteiger partial charge in [0.1, 0.15) is 0 Å². The average Bonchev–Trinajstić information content (AvgIpc) is 3.14. The molecule has 9 heteroatoms. The van der Waals surface area contributed by atoms with Crippen LogP contribution < -0.4 is 10.5 Å². The molecule has 1 aliphatic rings. The molecule has 0 bridgehead atoms. The number of benzene rings is 1. The van der Waals surface area contributed by atoms with Crippen molar-refractivity contribution in [1.82, 2.24) is 9.62 Å². The summed E-state index contributed by atoms with van der Waals surface area (Å²) in [6.07, 6.45) is 2.48. The van der Waals surface area contributed by atoms with Crippen molar-refractivity contribution >= 4 is 39.7 Å². The molecule has 1 atom stereocenters. The lowest BCUT2D eigenvalue weighted by atomic mass is 10.1. The molecule has 2 aromatic rings. The normalized spacial score (nSPS) is 17.4. The summed E-state index contributed by atoms with van der Waals surface area (Å²) in [7, 11) is -3.58. The number of carbonyl (C=O) groups is 1. The number of nitrogens with zero attached hydrogens (tertiary/aromatic N) is 1. The third-order valence-corrected chi connectivity index (χ3v) is 6.81. The lowest BCUT2D eigenvalue weighted by Crippen LogP contribution is -2.45. The standard InChI is InChI=1S/C18H23N3O3S2.ClH/c19-15-3-1-11-21(13-15)18(22)14-5-7-17(8-6-14)26(23,24)20-10-9-16-4-2-12-25-16;/h2,4-8,12,15,20H,1,3,9-11,13,19H2;1H. The highest BCUT2D eigenvalue weighted by Crippen LogP contribution is 2.16. The lowest BCUT2D eigenvalue weighted by molar-refractivity contribution is 0.0708. The summed E-state index contributed by atoms with van der Waals surface area (Å²) in [6.45, 7) is 1.58. The highest BCUT2D eigenvalue weighted by Gasteiger charge is 2.23. The van der Waals surface area contributed by atoms with Gasteiger partial charge in [-0.15, -0.1) is 23.7 Å². The van der Waals surface area contributed by atoms with Gasteiger partial charge in [0, 0.05) is 36.1 Å². The highest BCUT2D eigenvalue weighted by atomic mass is 35.5. The number of carbonyl (C=O) groups excluding carboxylic acids is 1. The summed E-state index contributed by atoms with van der Waals surface area (Å²) >= 11 is 1.60. The molecule has 1 amide bonds. The molecular formula is C18H24ClN3O3S2. The molecule has 0 spiro atoms. The molecule has 1 unspecified atom stereocenters. The van der Waals surface area contributed by atoms with Crippen molar-refractivity contribution < 1.29 is 13.2 Å². The molecular weight excluding hydrogens is 406 g/mol. The van der Waals surface area contributed by atoms with Crippen LogP contribution in [0.2, 0.25) is 0 Å². The van der Waals surface area contributed by atoms with Crippen molar-refractivity contribution in [2.24, 2.45) is 5.73 Å². The van der Waals surface area contributed by atoms with Crippen molar-refractivity contribution in [2.45, 2.75) is 30.2 Å². The minimum absolute atomic E-state index is 0. The number of hydrogen-bond acceptors (Lipinski definition) is 5. The first kappa shape index (κ1) is 21.8. The summed E-state index contributed by atoms with van der Waals surface area (Å²) in [4.78, 5) is 15.5. The van der Waals surface area contributed by atoms with Gasteiger partial charge < -0.3 is 10.6 Å². The molecule has 0 radical (unpaired) electrons. The minimum atomic E-state index is -3.58. The zero-order valence-electron chi connectivity index (χ0n) is 14.8. The first-order chi connectivity index (χ1) is 12.5. The number of sulfonamides is 1. The lowest BCUT2D eigenvalue weighted by Gasteiger charge is -2.30. The molecule has 6 nitrogen and oxygen atoms in total. The van der Waals surface area contributed by atoms with E-state index < -0.39 is 10.0 Å². The van der Waals surface area contributed by atoms with E-state index in [0.717, 1.165) is 17.7 Å². The first-order valence-electron chi connectivity index (χ1n) is 8.63. The number of amides is 1. The van der Waals surface area contributed by atoms with Crippen molar-refractivity contribution in [3.63, 3.8) is 0 Å². The summed E-state index contributed by atoms with van der Waals surface area (Å²) in [5, 5.41) is 1.97. The van der Waals surface area contributed by atoms with Crippen LogP contribution in [0.1, 0.15) is 28.1 Å². The second kappa shape index (κ2) is 9.66. The number of nitrogens with two attached hydrogens (primary N) is 1. The highest BCUT2D eigenvalue weighted by molar-refractivity contribution is 7.89. The predicted octanol–water partition coefficient (Wildman–Crippen LogP) is 2.25. The molecule has 27 heavy (non-hydrogen) atoms. The SMILES string of the molecule is Cl.NC1CCCN(C(=O)c2ccc(S(=O)(=O)NCCc3cccs3)cc2)C1. The molecule has 148 valence electrons. The summed E-state index contributed by atoms with van der Waals surface area (Å²) in [5.41, 5.74) is 6.41. The Morgan fingerprint density at radius 3 is 2.63 bits per heavy atom. The fourth-order valence-corrected chi connectivity index (χ4v) is 4.74. The van der Waals surface area contributed by atoms with E-state index in [1.807, 2.05) is 17.5 Å². The molecule has 1 saturated heterocycles. The Bertz CT molecular complexity index is 839. The maximum Gasteiger partial charge on any atom is 0.253 e. The van der Waals surface area contributed by atoms with Gasteiger partial charge >= 0.3 is 0 Å². The smallest absolute Gasteiger partial charge is 0.253 e. The van der Waals surface area contributed by atoms with Crippen molar-refractivity contribution in [3.05, 3.63) is 52.2 Å². The molecule has 0 aliphatic carbocycles. The monoisotopic (exact) mass is 429 g/mol. The van der Waals surface area contributed by atoms with E-state index in [1.165, 1.54) is 12.1 Å². The number of likely N-dealkylation sites (tertiary alicyclic amines) is 1. The van der Waals surface area contributed by atoms with Crippen molar-refractivity contribution in [2.75, 3.05) is 19.6 Å². The van der Waals surface area contributed by atoms with Gasteiger partial charge in [0.2, 0.25) is 10.0 Å². The quantitative estimate of drug-likeness (QED) is 0.736. The van der Waals surface area contributed by atoms with Gasteiger partial charge in [-0.05, 0) is 55.0 Å². The van der Waals surface area contributed by atoms with Crippen LogP contribution in [0.5, 0.6) is 0 Å². The Morgan fingerprint density at radius 2 is 2.00 bits per heavy atom. The topological polar surface area (TPSA) is 92.5 Å². The Morgan fingerprint density at radius 1 is 1.26 bits per heavy atom. The summed E-state index contributed by atoms with van der Waals surface area (Å²) in [5.74, 6) is -0.102. The van der Waals surface area contributed by atoms with Gasteiger partial charge in [0.15, 0.2) is 0 Å². The number of hydrogen-bond donors (Lipinski definition) is 2. The number of rotatable bonds is 6. The second-order valence-electron chi connectivity index (χ2n) is 6.40.